The molecule has 8 heteroatoms. The Morgan fingerprint density at radius 3 is 1.54 bits per heavy atom. The maximum atomic E-state index is 13.2. The van der Waals surface area contributed by atoms with Gasteiger partial charge in [-0.1, -0.05) is 31.2 Å². The second-order valence-corrected chi connectivity index (χ2v) is 9.30. The number of benzene rings is 2. The van der Waals surface area contributed by atoms with Crippen molar-refractivity contribution in [2.75, 3.05) is 55.7 Å². The van der Waals surface area contributed by atoms with Gasteiger partial charge in [-0.05, 0) is 81.7 Å². The van der Waals surface area contributed by atoms with Crippen molar-refractivity contribution < 1.29 is 14.3 Å². The molecule has 0 radical (unpaired) electrons. The number of amides is 1. The number of nitrogens with zero attached hydrogens (tertiary/aromatic N) is 5. The van der Waals surface area contributed by atoms with Crippen LogP contribution in [0.15, 0.2) is 59.7 Å². The molecule has 1 amide bonds. The smallest absolute Gasteiger partial charge is 0.348 e. The molecule has 0 aliphatic carbocycles. The first-order chi connectivity index (χ1) is 19.8. The van der Waals surface area contributed by atoms with Crippen LogP contribution < -0.4 is 9.80 Å². The minimum absolute atomic E-state index is 0.00568. The molecule has 41 heavy (non-hydrogen) atoms. The number of rotatable bonds is 15. The molecule has 2 rings (SSSR count). The summed E-state index contributed by atoms with van der Waals surface area (Å²) in [5, 5.41) is 19.3. The highest BCUT2D eigenvalue weighted by molar-refractivity contribution is 6.02. The van der Waals surface area contributed by atoms with Crippen molar-refractivity contribution in [3.63, 3.8) is 0 Å². The normalized spacial score (nSPS) is 11.3. The van der Waals surface area contributed by atoms with Gasteiger partial charge < -0.3 is 19.4 Å². The summed E-state index contributed by atoms with van der Waals surface area (Å²) >= 11 is 0. The van der Waals surface area contributed by atoms with E-state index < -0.39 is 11.9 Å². The van der Waals surface area contributed by atoms with Gasteiger partial charge in [0.1, 0.15) is 29.9 Å². The molecule has 0 aromatic heterocycles. The molecule has 2 aromatic rings. The van der Waals surface area contributed by atoms with Crippen molar-refractivity contribution in [3.05, 3.63) is 70.8 Å². The summed E-state index contributed by atoms with van der Waals surface area (Å²) in [5.74, 6) is -1.18. The summed E-state index contributed by atoms with van der Waals surface area (Å²) in [7, 11) is 0. The first kappa shape index (κ1) is 32.7. The lowest BCUT2D eigenvalue weighted by atomic mass is 10.1. The van der Waals surface area contributed by atoms with Gasteiger partial charge in [-0.25, -0.2) is 4.79 Å². The Hall–Kier alpha value is -4.56. The maximum Gasteiger partial charge on any atom is 0.348 e. The fourth-order valence-electron chi connectivity index (χ4n) is 4.43. The third-order valence-electron chi connectivity index (χ3n) is 6.73. The summed E-state index contributed by atoms with van der Waals surface area (Å²) < 4.78 is 5.34. The lowest BCUT2D eigenvalue weighted by Crippen LogP contribution is -2.36. The quantitative estimate of drug-likeness (QED) is 0.158. The number of ether oxygens (including phenoxy) is 1. The summed E-state index contributed by atoms with van der Waals surface area (Å²) in [5.41, 5.74) is 3.49. The molecule has 0 bridgehead atoms. The number of nitriles is 2. The fourth-order valence-corrected chi connectivity index (χ4v) is 4.43. The lowest BCUT2D eigenvalue weighted by molar-refractivity contribution is -0.140. The van der Waals surface area contributed by atoms with Crippen LogP contribution in [0.2, 0.25) is 0 Å². The largest absolute Gasteiger partial charge is 0.460 e. The van der Waals surface area contributed by atoms with Crippen LogP contribution in [0.4, 0.5) is 11.4 Å². The average molecular weight is 556 g/mol. The van der Waals surface area contributed by atoms with E-state index in [1.807, 2.05) is 67.6 Å². The van der Waals surface area contributed by atoms with E-state index in [-0.39, 0.29) is 24.3 Å². The standard InChI is InChI=1S/C33H41N5O3/c1-6-19-38(32(39)28(24-34)22-26-11-15-30(16-12-26)36(7-2)8-3)20-21-41-33(40)29(25-35)23-27-13-17-31(18-14-27)37(9-4)10-5/h11-18,22-23H,6-10,19-21H2,1-5H3. The van der Waals surface area contributed by atoms with Gasteiger partial charge in [0.25, 0.3) is 5.91 Å². The van der Waals surface area contributed by atoms with Crippen molar-refractivity contribution in [1.29, 1.82) is 10.5 Å². The minimum atomic E-state index is -0.756. The first-order valence-electron chi connectivity index (χ1n) is 14.2. The van der Waals surface area contributed by atoms with Crippen LogP contribution in [0.25, 0.3) is 12.2 Å². The third-order valence-corrected chi connectivity index (χ3v) is 6.73. The van der Waals surface area contributed by atoms with Crippen molar-refractivity contribution >= 4 is 35.4 Å². The number of carbonyl (C=O) groups excluding carboxylic acids is 2. The van der Waals surface area contributed by atoms with E-state index >= 15 is 0 Å². The van der Waals surface area contributed by atoms with Gasteiger partial charge >= 0.3 is 5.97 Å². The molecule has 0 fully saturated rings. The van der Waals surface area contributed by atoms with Crippen LogP contribution in [-0.2, 0) is 14.3 Å². The minimum Gasteiger partial charge on any atom is -0.460 e. The van der Waals surface area contributed by atoms with Gasteiger partial charge in [0.2, 0.25) is 0 Å². The summed E-state index contributed by atoms with van der Waals surface area (Å²) in [6.45, 7) is 14.2. The van der Waals surface area contributed by atoms with Gasteiger partial charge in [0.05, 0.1) is 6.54 Å². The Bertz CT molecular complexity index is 1280. The highest BCUT2D eigenvalue weighted by Gasteiger charge is 2.19. The molecule has 8 nitrogen and oxygen atoms in total. The van der Waals surface area contributed by atoms with Gasteiger partial charge in [-0.3, -0.25) is 4.79 Å². The highest BCUT2D eigenvalue weighted by Crippen LogP contribution is 2.19. The topological polar surface area (TPSA) is 101 Å². The summed E-state index contributed by atoms with van der Waals surface area (Å²) in [6.07, 6.45) is 3.74. The van der Waals surface area contributed by atoms with Crippen LogP contribution in [0, 0.1) is 22.7 Å². The van der Waals surface area contributed by atoms with Gasteiger partial charge in [0, 0.05) is 44.1 Å². The molecule has 2 aromatic carbocycles. The average Bonchev–Trinajstić information content (AvgIpc) is 3.00. The van der Waals surface area contributed by atoms with Crippen molar-refractivity contribution in [1.82, 2.24) is 4.90 Å². The van der Waals surface area contributed by atoms with E-state index in [1.54, 1.807) is 6.08 Å². The molecule has 0 heterocycles. The van der Waals surface area contributed by atoms with E-state index in [1.165, 1.54) is 11.0 Å². The SMILES string of the molecule is CCCN(CCOC(=O)C(C#N)=Cc1ccc(N(CC)CC)cc1)C(=O)C(C#N)=Cc1ccc(N(CC)CC)cc1. The Morgan fingerprint density at radius 1 is 0.707 bits per heavy atom. The molecule has 0 spiro atoms. The lowest BCUT2D eigenvalue weighted by Gasteiger charge is -2.22. The predicted octanol–water partition coefficient (Wildman–Crippen LogP) is 5.67. The summed E-state index contributed by atoms with van der Waals surface area (Å²) in [4.78, 5) is 31.7. The molecule has 0 N–H and O–H groups in total. The van der Waals surface area contributed by atoms with Crippen LogP contribution >= 0.6 is 0 Å². The van der Waals surface area contributed by atoms with Crippen molar-refractivity contribution in [2.45, 2.75) is 41.0 Å². The Labute approximate surface area is 244 Å². The predicted molar refractivity (Wildman–Crippen MR) is 165 cm³/mol. The Morgan fingerprint density at radius 2 is 1.15 bits per heavy atom. The number of hydrogen-bond donors (Lipinski definition) is 0. The number of anilines is 2. The Kier molecular flexibility index (Phi) is 13.7. The molecular formula is C33H41N5O3. The van der Waals surface area contributed by atoms with Crippen LogP contribution in [0.5, 0.6) is 0 Å². The van der Waals surface area contributed by atoms with Crippen LogP contribution in [0.1, 0.15) is 52.2 Å². The fraction of sp³-hybridized carbons (Fsp3) is 0.394. The zero-order valence-corrected chi connectivity index (χ0v) is 24.9. The molecule has 216 valence electrons. The molecular weight excluding hydrogens is 514 g/mol. The summed E-state index contributed by atoms with van der Waals surface area (Å²) in [6, 6.07) is 19.3. The number of hydrogen-bond acceptors (Lipinski definition) is 7. The molecule has 0 atom stereocenters. The zero-order valence-electron chi connectivity index (χ0n) is 24.9. The van der Waals surface area contributed by atoms with Crippen molar-refractivity contribution in [3.8, 4) is 12.1 Å². The van der Waals surface area contributed by atoms with Gasteiger partial charge in [-0.2, -0.15) is 10.5 Å². The first-order valence-corrected chi connectivity index (χ1v) is 14.2. The second-order valence-electron chi connectivity index (χ2n) is 9.30. The van der Waals surface area contributed by atoms with E-state index in [4.69, 9.17) is 4.74 Å². The van der Waals surface area contributed by atoms with E-state index in [2.05, 4.69) is 37.5 Å². The molecule has 0 unspecified atom stereocenters. The number of carbonyl (C=O) groups is 2. The van der Waals surface area contributed by atoms with Gasteiger partial charge in [0.15, 0.2) is 0 Å². The molecule has 0 saturated carbocycles. The monoisotopic (exact) mass is 555 g/mol. The van der Waals surface area contributed by atoms with Crippen LogP contribution in [-0.4, -0.2) is 62.7 Å². The molecule has 0 saturated heterocycles. The second kappa shape index (κ2) is 17.2. The third kappa shape index (κ3) is 9.54. The zero-order chi connectivity index (χ0) is 30.2. The molecule has 0 aliphatic rings. The Balaban J connectivity index is 2.07. The molecule has 0 aliphatic heterocycles. The van der Waals surface area contributed by atoms with E-state index in [0.717, 1.165) is 43.1 Å². The maximum absolute atomic E-state index is 13.2. The van der Waals surface area contributed by atoms with Gasteiger partial charge in [-0.15, -0.1) is 0 Å². The highest BCUT2D eigenvalue weighted by atomic mass is 16.5. The van der Waals surface area contributed by atoms with Crippen molar-refractivity contribution in [2.24, 2.45) is 0 Å². The van der Waals surface area contributed by atoms with E-state index in [0.29, 0.717) is 18.5 Å². The van der Waals surface area contributed by atoms with E-state index in [9.17, 15) is 20.1 Å². The van der Waals surface area contributed by atoms with Crippen LogP contribution in [0.3, 0.4) is 0 Å². The number of esters is 1.